The van der Waals surface area contributed by atoms with E-state index in [1.165, 1.54) is 24.3 Å². The summed E-state index contributed by atoms with van der Waals surface area (Å²) in [6.45, 7) is 1.64. The number of aryl methyl sites for hydroxylation is 1. The number of thiol groups is 1. The average Bonchev–Trinajstić information content (AvgIpc) is 2.72. The molecule has 0 aliphatic carbocycles. The second-order valence-corrected chi connectivity index (χ2v) is 8.05. The highest BCUT2D eigenvalue weighted by molar-refractivity contribution is 7.71. The van der Waals surface area contributed by atoms with Crippen molar-refractivity contribution in [1.82, 2.24) is 9.88 Å². The molecule has 0 spiro atoms. The van der Waals surface area contributed by atoms with Crippen LogP contribution in [0, 0.1) is 6.92 Å². The van der Waals surface area contributed by atoms with E-state index in [0.29, 0.717) is 16.8 Å². The van der Waals surface area contributed by atoms with Crippen LogP contribution in [0.4, 0.5) is 13.2 Å². The van der Waals surface area contributed by atoms with E-state index in [1.807, 2.05) is 0 Å². The standard InChI is InChI=1S/C22H19F3N2O4S/c1-14-5-10-19(20(28)26-12-15-6-8-16(9-7-15)13-32(30)31)21(29)27(14)18-4-2-3-17(11-18)22(23,24)25/h2-11,32H,12-13H2,1H3,(H,26,28). The molecule has 0 aliphatic rings. The molecule has 3 rings (SSSR count). The molecule has 1 N–H and O–H groups in total. The Kier molecular flexibility index (Phi) is 6.83. The van der Waals surface area contributed by atoms with Crippen LogP contribution in [-0.2, 0) is 29.2 Å². The van der Waals surface area contributed by atoms with Gasteiger partial charge in [0.2, 0.25) is 0 Å². The number of alkyl halides is 3. The van der Waals surface area contributed by atoms with Gasteiger partial charge in [0.15, 0.2) is 0 Å². The zero-order valence-corrected chi connectivity index (χ0v) is 17.7. The second-order valence-electron chi connectivity index (χ2n) is 7.07. The van der Waals surface area contributed by atoms with Crippen molar-refractivity contribution in [2.75, 3.05) is 0 Å². The van der Waals surface area contributed by atoms with Gasteiger partial charge in [-0.05, 0) is 48.4 Å². The van der Waals surface area contributed by atoms with Crippen LogP contribution in [0.15, 0.2) is 65.5 Å². The molecule has 0 unspecified atom stereocenters. The number of nitrogens with zero attached hydrogens (tertiary/aromatic N) is 1. The summed E-state index contributed by atoms with van der Waals surface area (Å²) in [6, 6.07) is 13.7. The van der Waals surface area contributed by atoms with Crippen LogP contribution in [0.5, 0.6) is 0 Å². The van der Waals surface area contributed by atoms with E-state index in [1.54, 1.807) is 31.2 Å². The maximum Gasteiger partial charge on any atom is 0.416 e. The van der Waals surface area contributed by atoms with Gasteiger partial charge in [0, 0.05) is 17.9 Å². The minimum Gasteiger partial charge on any atom is -0.348 e. The lowest BCUT2D eigenvalue weighted by molar-refractivity contribution is -0.137. The van der Waals surface area contributed by atoms with Crippen molar-refractivity contribution in [1.29, 1.82) is 0 Å². The summed E-state index contributed by atoms with van der Waals surface area (Å²) in [4.78, 5) is 25.5. The number of nitrogens with one attached hydrogen (secondary N) is 1. The van der Waals surface area contributed by atoms with Crippen molar-refractivity contribution in [3.8, 4) is 5.69 Å². The number of carbonyl (C=O) groups excluding carboxylic acids is 1. The molecule has 1 heterocycles. The van der Waals surface area contributed by atoms with Gasteiger partial charge >= 0.3 is 6.18 Å². The summed E-state index contributed by atoms with van der Waals surface area (Å²) >= 11 is 0. The average molecular weight is 464 g/mol. The van der Waals surface area contributed by atoms with Gasteiger partial charge in [-0.15, -0.1) is 0 Å². The maximum atomic E-state index is 13.1. The number of benzene rings is 2. The lowest BCUT2D eigenvalue weighted by Gasteiger charge is -2.14. The van der Waals surface area contributed by atoms with Crippen LogP contribution in [0.25, 0.3) is 5.69 Å². The number of aromatic nitrogens is 1. The van der Waals surface area contributed by atoms with Gasteiger partial charge < -0.3 is 5.32 Å². The van der Waals surface area contributed by atoms with Crippen molar-refractivity contribution in [3.63, 3.8) is 0 Å². The Morgan fingerprint density at radius 2 is 1.66 bits per heavy atom. The fourth-order valence-corrected chi connectivity index (χ4v) is 3.64. The molecule has 0 fully saturated rings. The first-order valence-electron chi connectivity index (χ1n) is 9.44. The first-order valence-corrected chi connectivity index (χ1v) is 10.8. The second kappa shape index (κ2) is 9.39. The molecule has 3 aromatic rings. The monoisotopic (exact) mass is 464 g/mol. The van der Waals surface area contributed by atoms with Crippen molar-refractivity contribution < 1.29 is 26.4 Å². The Balaban J connectivity index is 1.84. The summed E-state index contributed by atoms with van der Waals surface area (Å²) in [5, 5.41) is 2.60. The van der Waals surface area contributed by atoms with Gasteiger partial charge in [0.1, 0.15) is 16.3 Å². The Labute approximate surface area is 183 Å². The molecule has 0 atom stereocenters. The molecule has 0 bridgehead atoms. The van der Waals surface area contributed by atoms with Crippen LogP contribution in [-0.4, -0.2) is 18.9 Å². The molecule has 6 nitrogen and oxygen atoms in total. The Bertz CT molecular complexity index is 1270. The maximum absolute atomic E-state index is 13.1. The van der Waals surface area contributed by atoms with Crippen LogP contribution < -0.4 is 10.9 Å². The number of hydrogen-bond donors (Lipinski definition) is 2. The molecule has 0 saturated carbocycles. The highest BCUT2D eigenvalue weighted by Crippen LogP contribution is 2.30. The molecular formula is C22H19F3N2O4S. The Morgan fingerprint density at radius 1 is 1.00 bits per heavy atom. The van der Waals surface area contributed by atoms with Gasteiger partial charge in [-0.2, -0.15) is 13.2 Å². The zero-order valence-electron chi connectivity index (χ0n) is 16.8. The van der Waals surface area contributed by atoms with Crippen molar-refractivity contribution >= 4 is 16.6 Å². The van der Waals surface area contributed by atoms with E-state index in [4.69, 9.17) is 0 Å². The van der Waals surface area contributed by atoms with Crippen molar-refractivity contribution in [3.05, 3.63) is 99.0 Å². The third-order valence-electron chi connectivity index (χ3n) is 4.74. The summed E-state index contributed by atoms with van der Waals surface area (Å²) in [7, 11) is -2.54. The minimum absolute atomic E-state index is 0.00395. The van der Waals surface area contributed by atoms with Crippen molar-refractivity contribution in [2.45, 2.75) is 25.4 Å². The van der Waals surface area contributed by atoms with Crippen molar-refractivity contribution in [2.24, 2.45) is 0 Å². The lowest BCUT2D eigenvalue weighted by atomic mass is 10.1. The number of amides is 1. The van der Waals surface area contributed by atoms with E-state index in [0.717, 1.165) is 16.7 Å². The van der Waals surface area contributed by atoms with E-state index in [9.17, 15) is 31.2 Å². The van der Waals surface area contributed by atoms with Gasteiger partial charge in [-0.25, -0.2) is 8.42 Å². The fraction of sp³-hybridized carbons (Fsp3) is 0.182. The fourth-order valence-electron chi connectivity index (χ4n) is 3.13. The minimum atomic E-state index is -4.57. The van der Waals surface area contributed by atoms with E-state index < -0.39 is 33.9 Å². The zero-order chi connectivity index (χ0) is 23.5. The summed E-state index contributed by atoms with van der Waals surface area (Å²) in [5.41, 5.74) is -0.180. The summed E-state index contributed by atoms with van der Waals surface area (Å²) in [5.74, 6) is -0.761. The van der Waals surface area contributed by atoms with E-state index in [-0.39, 0.29) is 23.5 Å². The topological polar surface area (TPSA) is 85.2 Å². The lowest BCUT2D eigenvalue weighted by Crippen LogP contribution is -2.33. The number of rotatable bonds is 6. The van der Waals surface area contributed by atoms with Gasteiger partial charge in [-0.1, -0.05) is 30.3 Å². The number of halogens is 3. The summed E-state index contributed by atoms with van der Waals surface area (Å²) in [6.07, 6.45) is -4.57. The molecule has 0 radical (unpaired) electrons. The number of carbonyl (C=O) groups is 1. The van der Waals surface area contributed by atoms with Gasteiger partial charge in [0.25, 0.3) is 11.5 Å². The predicted octanol–water partition coefficient (Wildman–Crippen LogP) is 3.21. The third-order valence-corrected chi connectivity index (χ3v) is 5.36. The predicted molar refractivity (Wildman–Crippen MR) is 113 cm³/mol. The Hall–Kier alpha value is -3.40. The van der Waals surface area contributed by atoms with E-state index >= 15 is 0 Å². The molecule has 1 aromatic heterocycles. The van der Waals surface area contributed by atoms with Crippen LogP contribution in [0.3, 0.4) is 0 Å². The van der Waals surface area contributed by atoms with Crippen LogP contribution in [0.2, 0.25) is 0 Å². The molecular weight excluding hydrogens is 445 g/mol. The molecule has 1 amide bonds. The molecule has 2 aromatic carbocycles. The van der Waals surface area contributed by atoms with Crippen LogP contribution >= 0.6 is 0 Å². The largest absolute Gasteiger partial charge is 0.416 e. The third kappa shape index (κ3) is 5.44. The number of hydrogen-bond acceptors (Lipinski definition) is 4. The first-order chi connectivity index (χ1) is 15.1. The van der Waals surface area contributed by atoms with Gasteiger partial charge in [0.05, 0.1) is 11.3 Å². The molecule has 168 valence electrons. The molecule has 0 saturated heterocycles. The number of pyridine rings is 1. The molecule has 0 aliphatic heterocycles. The SMILES string of the molecule is Cc1ccc(C(=O)NCc2ccc(C[SH](=O)=O)cc2)c(=O)n1-c1cccc(C(F)(F)F)c1. The van der Waals surface area contributed by atoms with Crippen LogP contribution in [0.1, 0.15) is 32.7 Å². The highest BCUT2D eigenvalue weighted by atomic mass is 32.2. The van der Waals surface area contributed by atoms with Gasteiger partial charge in [-0.3, -0.25) is 14.2 Å². The van der Waals surface area contributed by atoms with E-state index in [2.05, 4.69) is 5.32 Å². The quantitative estimate of drug-likeness (QED) is 0.549. The summed E-state index contributed by atoms with van der Waals surface area (Å²) < 4.78 is 61.8. The highest BCUT2D eigenvalue weighted by Gasteiger charge is 2.30. The normalized spacial score (nSPS) is 11.5. The first kappa shape index (κ1) is 23.3. The smallest absolute Gasteiger partial charge is 0.348 e. The molecule has 32 heavy (non-hydrogen) atoms. The Morgan fingerprint density at radius 3 is 2.28 bits per heavy atom. The molecule has 10 heteroatoms.